The number of hydrogen-bond donors (Lipinski definition) is 1. The van der Waals surface area contributed by atoms with Crippen molar-refractivity contribution < 1.29 is 8.42 Å². The Morgan fingerprint density at radius 1 is 1.28 bits per heavy atom. The fraction of sp³-hybridized carbons (Fsp3) is 0.500. The average Bonchev–Trinajstić information content (AvgIpc) is 2.39. The van der Waals surface area contributed by atoms with Crippen LogP contribution in [-0.2, 0) is 10.0 Å². The van der Waals surface area contributed by atoms with Gasteiger partial charge in [0.2, 0.25) is 10.0 Å². The molecule has 0 aliphatic carbocycles. The third-order valence-corrected chi connectivity index (χ3v) is 6.27. The first-order valence-corrected chi connectivity index (χ1v) is 8.23. The monoisotopic (exact) mass is 332 g/mol. The molecule has 0 atom stereocenters. The van der Waals surface area contributed by atoms with Crippen LogP contribution in [0.4, 0.5) is 0 Å². The van der Waals surface area contributed by atoms with Crippen molar-refractivity contribution in [3.8, 4) is 0 Å². The van der Waals surface area contributed by atoms with E-state index >= 15 is 0 Å². The molecule has 1 saturated heterocycles. The predicted molar refractivity (Wildman–Crippen MR) is 74.7 cm³/mol. The highest BCUT2D eigenvalue weighted by molar-refractivity contribution is 9.10. The zero-order valence-corrected chi connectivity index (χ0v) is 12.5. The lowest BCUT2D eigenvalue weighted by Crippen LogP contribution is -2.40. The van der Waals surface area contributed by atoms with Crippen LogP contribution in [0.1, 0.15) is 12.8 Å². The first-order valence-electron chi connectivity index (χ1n) is 6.00. The normalized spacial score (nSPS) is 19.0. The molecule has 6 heteroatoms. The molecule has 0 aromatic heterocycles. The van der Waals surface area contributed by atoms with Crippen molar-refractivity contribution in [2.24, 2.45) is 11.7 Å². The summed E-state index contributed by atoms with van der Waals surface area (Å²) in [6.45, 7) is 1.76. The highest BCUT2D eigenvalue weighted by atomic mass is 79.9. The van der Waals surface area contributed by atoms with Gasteiger partial charge < -0.3 is 5.73 Å². The maximum Gasteiger partial charge on any atom is 0.244 e. The van der Waals surface area contributed by atoms with Crippen LogP contribution < -0.4 is 5.73 Å². The molecule has 100 valence electrons. The van der Waals surface area contributed by atoms with Crippen LogP contribution in [-0.4, -0.2) is 32.4 Å². The third-order valence-electron chi connectivity index (χ3n) is 3.36. The lowest BCUT2D eigenvalue weighted by atomic mass is 9.99. The van der Waals surface area contributed by atoms with E-state index in [9.17, 15) is 8.42 Å². The fourth-order valence-electron chi connectivity index (χ4n) is 2.18. The lowest BCUT2D eigenvalue weighted by Gasteiger charge is -2.30. The number of hydrogen-bond acceptors (Lipinski definition) is 3. The molecule has 1 aliphatic heterocycles. The van der Waals surface area contributed by atoms with Crippen molar-refractivity contribution >= 4 is 26.0 Å². The van der Waals surface area contributed by atoms with Gasteiger partial charge in [0.15, 0.2) is 0 Å². The molecule has 2 N–H and O–H groups in total. The Bertz CT molecular complexity index is 511. The van der Waals surface area contributed by atoms with E-state index in [4.69, 9.17) is 5.73 Å². The molecule has 4 nitrogen and oxygen atoms in total. The SMILES string of the molecule is NCC1CCN(S(=O)(=O)c2ccccc2Br)CC1. The van der Waals surface area contributed by atoms with Crippen LogP contribution in [0.2, 0.25) is 0 Å². The molecule has 0 unspecified atom stereocenters. The Hall–Kier alpha value is -0.430. The Morgan fingerprint density at radius 3 is 2.44 bits per heavy atom. The quantitative estimate of drug-likeness (QED) is 0.918. The van der Waals surface area contributed by atoms with Gasteiger partial charge in [-0.1, -0.05) is 12.1 Å². The number of halogens is 1. The summed E-state index contributed by atoms with van der Waals surface area (Å²) in [5, 5.41) is 0. The summed E-state index contributed by atoms with van der Waals surface area (Å²) >= 11 is 3.30. The van der Waals surface area contributed by atoms with E-state index in [1.165, 1.54) is 0 Å². The summed E-state index contributed by atoms with van der Waals surface area (Å²) in [7, 11) is -3.38. The van der Waals surface area contributed by atoms with Crippen LogP contribution in [0.25, 0.3) is 0 Å². The molecule has 1 heterocycles. The molecule has 18 heavy (non-hydrogen) atoms. The molecular weight excluding hydrogens is 316 g/mol. The Balaban J connectivity index is 2.20. The first-order chi connectivity index (χ1) is 8.55. The molecule has 0 spiro atoms. The smallest absolute Gasteiger partial charge is 0.244 e. The van der Waals surface area contributed by atoms with Crippen LogP contribution in [0.3, 0.4) is 0 Å². The molecule has 1 fully saturated rings. The Morgan fingerprint density at radius 2 is 1.89 bits per heavy atom. The number of piperidine rings is 1. The van der Waals surface area contributed by atoms with E-state index in [2.05, 4.69) is 15.9 Å². The Kier molecular flexibility index (Phi) is 4.42. The minimum absolute atomic E-state index is 0.344. The fourth-order valence-corrected chi connectivity index (χ4v) is 4.61. The number of benzene rings is 1. The average molecular weight is 333 g/mol. The molecule has 1 aromatic rings. The predicted octanol–water partition coefficient (Wildman–Crippen LogP) is 1.81. The van der Waals surface area contributed by atoms with Gasteiger partial charge in [-0.3, -0.25) is 0 Å². The van der Waals surface area contributed by atoms with Crippen molar-refractivity contribution in [3.63, 3.8) is 0 Å². The van der Waals surface area contributed by atoms with Gasteiger partial charge in [0.25, 0.3) is 0 Å². The van der Waals surface area contributed by atoms with Crippen molar-refractivity contribution in [2.75, 3.05) is 19.6 Å². The van der Waals surface area contributed by atoms with E-state index in [0.717, 1.165) is 12.8 Å². The largest absolute Gasteiger partial charge is 0.330 e. The topological polar surface area (TPSA) is 63.4 Å². The second-order valence-corrected chi connectivity index (χ2v) is 7.27. The van der Waals surface area contributed by atoms with E-state index in [-0.39, 0.29) is 0 Å². The maximum absolute atomic E-state index is 12.5. The minimum atomic E-state index is -3.38. The van der Waals surface area contributed by atoms with Crippen LogP contribution >= 0.6 is 15.9 Å². The highest BCUT2D eigenvalue weighted by Gasteiger charge is 2.29. The van der Waals surface area contributed by atoms with Gasteiger partial charge in [0, 0.05) is 17.6 Å². The third kappa shape index (κ3) is 2.77. The summed E-state index contributed by atoms with van der Waals surface area (Å²) in [5.74, 6) is 0.454. The second kappa shape index (κ2) is 5.69. The summed E-state index contributed by atoms with van der Waals surface area (Å²) in [4.78, 5) is 0.344. The van der Waals surface area contributed by atoms with Crippen molar-refractivity contribution in [2.45, 2.75) is 17.7 Å². The zero-order valence-electron chi connectivity index (χ0n) is 10.0. The first kappa shape index (κ1) is 14.0. The van der Waals surface area contributed by atoms with Gasteiger partial charge in [-0.25, -0.2) is 8.42 Å². The second-order valence-electron chi connectivity index (χ2n) is 4.51. The van der Waals surface area contributed by atoms with Crippen molar-refractivity contribution in [1.82, 2.24) is 4.31 Å². The van der Waals surface area contributed by atoms with Crippen molar-refractivity contribution in [1.29, 1.82) is 0 Å². The summed E-state index contributed by atoms with van der Waals surface area (Å²) in [6, 6.07) is 6.93. The molecule has 0 radical (unpaired) electrons. The van der Waals surface area contributed by atoms with E-state index in [0.29, 0.717) is 34.9 Å². The molecule has 0 amide bonds. The minimum Gasteiger partial charge on any atom is -0.330 e. The molecular formula is C12H17BrN2O2S. The van der Waals surface area contributed by atoms with Crippen LogP contribution in [0.5, 0.6) is 0 Å². The van der Waals surface area contributed by atoms with Gasteiger partial charge in [0.1, 0.15) is 0 Å². The van der Waals surface area contributed by atoms with Gasteiger partial charge in [-0.15, -0.1) is 0 Å². The van der Waals surface area contributed by atoms with Gasteiger partial charge in [0.05, 0.1) is 4.90 Å². The van der Waals surface area contributed by atoms with E-state index in [1.807, 2.05) is 6.07 Å². The summed E-state index contributed by atoms with van der Waals surface area (Å²) in [5.41, 5.74) is 5.62. The van der Waals surface area contributed by atoms with Crippen LogP contribution in [0.15, 0.2) is 33.6 Å². The summed E-state index contributed by atoms with van der Waals surface area (Å²) < 4.78 is 27.1. The molecule has 1 aromatic carbocycles. The Labute approximate surface area is 116 Å². The van der Waals surface area contributed by atoms with Gasteiger partial charge >= 0.3 is 0 Å². The van der Waals surface area contributed by atoms with Crippen molar-refractivity contribution in [3.05, 3.63) is 28.7 Å². The lowest BCUT2D eigenvalue weighted by molar-refractivity contribution is 0.278. The van der Waals surface area contributed by atoms with Gasteiger partial charge in [-0.05, 0) is 53.4 Å². The number of nitrogens with zero attached hydrogens (tertiary/aromatic N) is 1. The van der Waals surface area contributed by atoms with Gasteiger partial charge in [-0.2, -0.15) is 4.31 Å². The molecule has 0 saturated carbocycles. The number of rotatable bonds is 3. The standard InChI is InChI=1S/C12H17BrN2O2S/c13-11-3-1-2-4-12(11)18(16,17)15-7-5-10(9-14)6-8-15/h1-4,10H,5-9,14H2. The maximum atomic E-state index is 12.5. The molecule has 2 rings (SSSR count). The number of nitrogens with two attached hydrogens (primary N) is 1. The molecule has 0 bridgehead atoms. The number of sulfonamides is 1. The summed E-state index contributed by atoms with van der Waals surface area (Å²) in [6.07, 6.45) is 1.69. The van der Waals surface area contributed by atoms with Crippen LogP contribution in [0, 0.1) is 5.92 Å². The highest BCUT2D eigenvalue weighted by Crippen LogP contribution is 2.27. The van der Waals surface area contributed by atoms with E-state index in [1.54, 1.807) is 22.5 Å². The molecule has 1 aliphatic rings. The van der Waals surface area contributed by atoms with E-state index < -0.39 is 10.0 Å². The zero-order chi connectivity index (χ0) is 13.2.